The topological polar surface area (TPSA) is 71.0 Å². The van der Waals surface area contributed by atoms with Crippen LogP contribution in [-0.4, -0.2) is 65.4 Å². The lowest BCUT2D eigenvalue weighted by Gasteiger charge is -2.24. The second-order valence-electron chi connectivity index (χ2n) is 5.86. The summed E-state index contributed by atoms with van der Waals surface area (Å²) in [5.41, 5.74) is 0. The van der Waals surface area contributed by atoms with Crippen LogP contribution in [0, 0.1) is 5.92 Å². The van der Waals surface area contributed by atoms with Gasteiger partial charge in [-0.05, 0) is 30.7 Å². The molecule has 8 heteroatoms. The van der Waals surface area contributed by atoms with Gasteiger partial charge in [0.25, 0.3) is 0 Å². The summed E-state index contributed by atoms with van der Waals surface area (Å²) in [5.74, 6) is 1.22. The molecule has 1 unspecified atom stereocenters. The summed E-state index contributed by atoms with van der Waals surface area (Å²) in [6.07, 6.45) is 1.05. The van der Waals surface area contributed by atoms with Gasteiger partial charge < -0.3 is 15.0 Å². The van der Waals surface area contributed by atoms with Crippen LogP contribution in [0.4, 0.5) is 0 Å². The van der Waals surface area contributed by atoms with E-state index in [1.807, 2.05) is 11.9 Å². The lowest BCUT2D eigenvalue weighted by molar-refractivity contribution is 0.181. The Morgan fingerprint density at radius 3 is 2.71 bits per heavy atom. The number of halogens is 1. The van der Waals surface area contributed by atoms with Gasteiger partial charge in [-0.3, -0.25) is 4.99 Å². The van der Waals surface area contributed by atoms with E-state index in [0.717, 1.165) is 30.7 Å². The molecule has 0 radical (unpaired) electrons. The van der Waals surface area contributed by atoms with E-state index in [0.29, 0.717) is 23.3 Å². The van der Waals surface area contributed by atoms with Crippen molar-refractivity contribution in [2.24, 2.45) is 10.9 Å². The highest BCUT2D eigenvalue weighted by atomic mass is 79.9. The molecule has 24 heavy (non-hydrogen) atoms. The van der Waals surface area contributed by atoms with Gasteiger partial charge in [-0.15, -0.1) is 0 Å². The van der Waals surface area contributed by atoms with Gasteiger partial charge in [-0.2, -0.15) is 0 Å². The van der Waals surface area contributed by atoms with Gasteiger partial charge >= 0.3 is 0 Å². The maximum absolute atomic E-state index is 12.3. The molecule has 0 aromatic heterocycles. The maximum Gasteiger partial charge on any atom is 0.193 e. The minimum atomic E-state index is -3.31. The number of nitrogens with one attached hydrogen (secondary N) is 1. The first-order chi connectivity index (χ1) is 11.4. The van der Waals surface area contributed by atoms with Gasteiger partial charge in [0.2, 0.25) is 0 Å². The number of hydrogen-bond acceptors (Lipinski definition) is 4. The Morgan fingerprint density at radius 2 is 2.12 bits per heavy atom. The van der Waals surface area contributed by atoms with E-state index < -0.39 is 9.84 Å². The largest absolute Gasteiger partial charge is 0.381 e. The molecule has 0 aliphatic carbocycles. The van der Waals surface area contributed by atoms with Crippen LogP contribution >= 0.6 is 15.9 Å². The Morgan fingerprint density at radius 1 is 1.42 bits per heavy atom. The molecule has 1 atom stereocenters. The Balaban J connectivity index is 1.85. The van der Waals surface area contributed by atoms with Crippen LogP contribution in [0.15, 0.2) is 38.6 Å². The fraction of sp³-hybridized carbons (Fsp3) is 0.562. The zero-order valence-corrected chi connectivity index (χ0v) is 16.4. The lowest BCUT2D eigenvalue weighted by Crippen LogP contribution is -2.43. The Hall–Kier alpha value is -1.12. The van der Waals surface area contributed by atoms with Crippen molar-refractivity contribution in [1.29, 1.82) is 0 Å². The normalized spacial score (nSPS) is 18.6. The van der Waals surface area contributed by atoms with Gasteiger partial charge in [0, 0.05) is 44.2 Å². The molecule has 1 fully saturated rings. The first kappa shape index (κ1) is 19.2. The second-order valence-corrected chi connectivity index (χ2v) is 8.88. The average molecular weight is 418 g/mol. The summed E-state index contributed by atoms with van der Waals surface area (Å²) in [6, 6.07) is 6.69. The minimum Gasteiger partial charge on any atom is -0.381 e. The molecule has 1 aliphatic rings. The van der Waals surface area contributed by atoms with Crippen molar-refractivity contribution in [3.63, 3.8) is 0 Å². The highest BCUT2D eigenvalue weighted by Crippen LogP contribution is 2.16. The third-order valence-electron chi connectivity index (χ3n) is 3.96. The average Bonchev–Trinajstić information content (AvgIpc) is 3.04. The zero-order chi connectivity index (χ0) is 17.6. The van der Waals surface area contributed by atoms with Crippen LogP contribution < -0.4 is 5.32 Å². The van der Waals surface area contributed by atoms with Gasteiger partial charge in [0.05, 0.1) is 17.3 Å². The third kappa shape index (κ3) is 5.46. The van der Waals surface area contributed by atoms with Crippen molar-refractivity contribution in [3.8, 4) is 0 Å². The Labute approximate surface area is 152 Å². The van der Waals surface area contributed by atoms with Gasteiger partial charge in [0.15, 0.2) is 15.8 Å². The lowest BCUT2D eigenvalue weighted by atomic mass is 10.1. The molecule has 0 spiro atoms. The van der Waals surface area contributed by atoms with Crippen molar-refractivity contribution in [2.75, 3.05) is 46.2 Å². The molecule has 1 aromatic rings. The predicted octanol–water partition coefficient (Wildman–Crippen LogP) is 1.77. The van der Waals surface area contributed by atoms with Crippen molar-refractivity contribution >= 4 is 31.7 Å². The van der Waals surface area contributed by atoms with E-state index in [4.69, 9.17) is 4.74 Å². The SMILES string of the molecule is CN=C(NCCS(=O)(=O)c1ccc(Br)cc1)N(C)CC1CCOC1. The summed E-state index contributed by atoms with van der Waals surface area (Å²) in [7, 11) is 0.351. The number of benzene rings is 1. The number of guanidine groups is 1. The molecule has 1 saturated heterocycles. The van der Waals surface area contributed by atoms with E-state index in [-0.39, 0.29) is 5.75 Å². The number of nitrogens with zero attached hydrogens (tertiary/aromatic N) is 2. The summed E-state index contributed by atoms with van der Waals surface area (Å²) in [4.78, 5) is 6.58. The third-order valence-corrected chi connectivity index (χ3v) is 6.22. The van der Waals surface area contributed by atoms with Crippen LogP contribution in [0.25, 0.3) is 0 Å². The molecule has 134 valence electrons. The maximum atomic E-state index is 12.3. The van der Waals surface area contributed by atoms with Crippen molar-refractivity contribution in [1.82, 2.24) is 10.2 Å². The van der Waals surface area contributed by atoms with E-state index in [1.54, 1.807) is 31.3 Å². The zero-order valence-electron chi connectivity index (χ0n) is 14.0. The van der Waals surface area contributed by atoms with E-state index >= 15 is 0 Å². The van der Waals surface area contributed by atoms with E-state index in [9.17, 15) is 8.42 Å². The summed E-state index contributed by atoms with van der Waals surface area (Å²) in [5, 5.41) is 3.13. The molecule has 1 N–H and O–H groups in total. The van der Waals surface area contributed by atoms with E-state index in [2.05, 4.69) is 26.2 Å². The fourth-order valence-corrected chi connectivity index (χ4v) is 4.06. The second kappa shape index (κ2) is 8.82. The number of aliphatic imine (C=N–C) groups is 1. The number of sulfone groups is 1. The molecule has 1 heterocycles. The summed E-state index contributed by atoms with van der Waals surface area (Å²) >= 11 is 3.31. The van der Waals surface area contributed by atoms with E-state index in [1.165, 1.54) is 0 Å². The molecule has 1 aliphatic heterocycles. The van der Waals surface area contributed by atoms with Crippen molar-refractivity contribution in [2.45, 2.75) is 11.3 Å². The van der Waals surface area contributed by atoms with Gasteiger partial charge in [0.1, 0.15) is 0 Å². The van der Waals surface area contributed by atoms with Gasteiger partial charge in [-0.25, -0.2) is 8.42 Å². The molecule has 6 nitrogen and oxygen atoms in total. The smallest absolute Gasteiger partial charge is 0.193 e. The fourth-order valence-electron chi connectivity index (χ4n) is 2.64. The van der Waals surface area contributed by atoms with Crippen LogP contribution in [-0.2, 0) is 14.6 Å². The molecule has 1 aromatic carbocycles. The van der Waals surface area contributed by atoms with Crippen LogP contribution in [0.3, 0.4) is 0 Å². The molecule has 0 bridgehead atoms. The Kier molecular flexibility index (Phi) is 7.06. The van der Waals surface area contributed by atoms with Crippen LogP contribution in [0.1, 0.15) is 6.42 Å². The van der Waals surface area contributed by atoms with Crippen LogP contribution in [0.2, 0.25) is 0 Å². The monoisotopic (exact) mass is 417 g/mol. The highest BCUT2D eigenvalue weighted by molar-refractivity contribution is 9.10. The quantitative estimate of drug-likeness (QED) is 0.563. The molecular formula is C16H24BrN3O3S. The minimum absolute atomic E-state index is 0.0219. The van der Waals surface area contributed by atoms with Gasteiger partial charge in [-0.1, -0.05) is 15.9 Å². The number of ether oxygens (including phenoxy) is 1. The molecule has 0 amide bonds. The Bertz CT molecular complexity index is 656. The first-order valence-electron chi connectivity index (χ1n) is 7.90. The van der Waals surface area contributed by atoms with Crippen molar-refractivity contribution < 1.29 is 13.2 Å². The molecule has 0 saturated carbocycles. The van der Waals surface area contributed by atoms with Crippen LogP contribution in [0.5, 0.6) is 0 Å². The number of rotatable bonds is 6. The standard InChI is InChI=1S/C16H24BrN3O3S/c1-18-16(20(2)11-13-7-9-23-12-13)19-8-10-24(21,22)15-5-3-14(17)4-6-15/h3-6,13H,7-12H2,1-2H3,(H,18,19). The molecule has 2 rings (SSSR count). The molecular weight excluding hydrogens is 394 g/mol. The summed E-state index contributed by atoms with van der Waals surface area (Å²) in [6.45, 7) is 2.75. The first-order valence-corrected chi connectivity index (χ1v) is 10.3. The summed E-state index contributed by atoms with van der Waals surface area (Å²) < 4.78 is 30.9. The predicted molar refractivity (Wildman–Crippen MR) is 99.1 cm³/mol. The number of hydrogen-bond donors (Lipinski definition) is 1. The van der Waals surface area contributed by atoms with Crippen molar-refractivity contribution in [3.05, 3.63) is 28.7 Å². The highest BCUT2D eigenvalue weighted by Gasteiger charge is 2.19.